The fourth-order valence-electron chi connectivity index (χ4n) is 0.969. The maximum Gasteiger partial charge on any atom is 0.120 e. The molecular weight excluding hydrogens is 244 g/mol. The second-order valence-electron chi connectivity index (χ2n) is 3.16. The zero-order valence-corrected chi connectivity index (χ0v) is 9.67. The highest BCUT2D eigenvalue weighted by molar-refractivity contribution is 9.10. The molecule has 1 rings (SSSR count). The maximum absolute atomic E-state index is 9.02. The van der Waals surface area contributed by atoms with Crippen molar-refractivity contribution < 1.29 is 9.84 Å². The third-order valence-electron chi connectivity index (χ3n) is 1.67. The first kappa shape index (κ1) is 11.3. The monoisotopic (exact) mass is 256 g/mol. The molecule has 0 aliphatic heterocycles. The molecule has 0 aliphatic carbocycles. The first-order chi connectivity index (χ1) is 6.63. The molecule has 76 valence electrons. The van der Waals surface area contributed by atoms with Gasteiger partial charge in [-0.3, -0.25) is 0 Å². The standard InChI is InChI=1S/C11H13BrO2/c1-8(2)7-14-10-3-4-11(12)9(5-10)6-13/h3-5,13H,1,6-7H2,2H3. The summed E-state index contributed by atoms with van der Waals surface area (Å²) in [6.07, 6.45) is 0. The summed E-state index contributed by atoms with van der Waals surface area (Å²) in [5, 5.41) is 9.02. The summed E-state index contributed by atoms with van der Waals surface area (Å²) in [6, 6.07) is 5.53. The topological polar surface area (TPSA) is 29.5 Å². The highest BCUT2D eigenvalue weighted by Gasteiger charge is 2.01. The molecule has 0 unspecified atom stereocenters. The summed E-state index contributed by atoms with van der Waals surface area (Å²) >= 11 is 3.34. The van der Waals surface area contributed by atoms with Crippen LogP contribution in [0.2, 0.25) is 0 Å². The van der Waals surface area contributed by atoms with E-state index in [0.717, 1.165) is 21.4 Å². The summed E-state index contributed by atoms with van der Waals surface area (Å²) in [6.45, 7) is 6.17. The highest BCUT2D eigenvalue weighted by Crippen LogP contribution is 2.22. The van der Waals surface area contributed by atoms with Crippen molar-refractivity contribution >= 4 is 15.9 Å². The van der Waals surface area contributed by atoms with Gasteiger partial charge >= 0.3 is 0 Å². The fraction of sp³-hybridized carbons (Fsp3) is 0.273. The molecule has 0 saturated carbocycles. The largest absolute Gasteiger partial charge is 0.489 e. The van der Waals surface area contributed by atoms with Gasteiger partial charge in [-0.15, -0.1) is 0 Å². The van der Waals surface area contributed by atoms with Crippen molar-refractivity contribution in [2.45, 2.75) is 13.5 Å². The lowest BCUT2D eigenvalue weighted by Gasteiger charge is -2.08. The van der Waals surface area contributed by atoms with Gasteiger partial charge in [-0.25, -0.2) is 0 Å². The van der Waals surface area contributed by atoms with Crippen LogP contribution in [-0.4, -0.2) is 11.7 Å². The minimum Gasteiger partial charge on any atom is -0.489 e. The molecule has 1 aromatic carbocycles. The Morgan fingerprint density at radius 1 is 1.57 bits per heavy atom. The van der Waals surface area contributed by atoms with Gasteiger partial charge in [0.2, 0.25) is 0 Å². The molecule has 0 radical (unpaired) electrons. The van der Waals surface area contributed by atoms with Crippen molar-refractivity contribution in [2.75, 3.05) is 6.61 Å². The summed E-state index contributed by atoms with van der Waals surface area (Å²) < 4.78 is 6.32. The molecule has 0 atom stereocenters. The fourth-order valence-corrected chi connectivity index (χ4v) is 1.34. The summed E-state index contributed by atoms with van der Waals surface area (Å²) in [7, 11) is 0. The highest BCUT2D eigenvalue weighted by atomic mass is 79.9. The van der Waals surface area contributed by atoms with Gasteiger partial charge in [-0.2, -0.15) is 0 Å². The van der Waals surface area contributed by atoms with Crippen LogP contribution in [-0.2, 0) is 6.61 Å². The number of halogens is 1. The predicted molar refractivity (Wildman–Crippen MR) is 60.4 cm³/mol. The molecule has 0 saturated heterocycles. The SMILES string of the molecule is C=C(C)COc1ccc(Br)c(CO)c1. The molecule has 0 amide bonds. The van der Waals surface area contributed by atoms with Gasteiger partial charge in [-0.05, 0) is 36.3 Å². The van der Waals surface area contributed by atoms with Gasteiger partial charge in [0.25, 0.3) is 0 Å². The Balaban J connectivity index is 2.74. The van der Waals surface area contributed by atoms with Gasteiger partial charge in [0, 0.05) is 4.47 Å². The van der Waals surface area contributed by atoms with Crippen LogP contribution >= 0.6 is 15.9 Å². The number of rotatable bonds is 4. The summed E-state index contributed by atoms with van der Waals surface area (Å²) in [5.74, 6) is 0.750. The van der Waals surface area contributed by atoms with Crippen LogP contribution in [0.1, 0.15) is 12.5 Å². The van der Waals surface area contributed by atoms with Crippen molar-refractivity contribution in [1.82, 2.24) is 0 Å². The van der Waals surface area contributed by atoms with Crippen molar-refractivity contribution in [3.8, 4) is 5.75 Å². The Hall–Kier alpha value is -0.800. The second-order valence-corrected chi connectivity index (χ2v) is 4.01. The first-order valence-corrected chi connectivity index (χ1v) is 5.09. The average Bonchev–Trinajstić information content (AvgIpc) is 2.16. The van der Waals surface area contributed by atoms with E-state index >= 15 is 0 Å². The van der Waals surface area contributed by atoms with E-state index < -0.39 is 0 Å². The smallest absolute Gasteiger partial charge is 0.120 e. The molecule has 0 bridgehead atoms. The third-order valence-corrected chi connectivity index (χ3v) is 2.45. The van der Waals surface area contributed by atoms with Crippen molar-refractivity contribution in [1.29, 1.82) is 0 Å². The van der Waals surface area contributed by atoms with Crippen molar-refractivity contribution in [3.63, 3.8) is 0 Å². The van der Waals surface area contributed by atoms with Gasteiger partial charge < -0.3 is 9.84 Å². The average molecular weight is 257 g/mol. The van der Waals surface area contributed by atoms with E-state index in [9.17, 15) is 0 Å². The van der Waals surface area contributed by atoms with Crippen molar-refractivity contribution in [3.05, 3.63) is 40.4 Å². The Labute approximate surface area is 92.3 Å². The number of ether oxygens (including phenoxy) is 1. The molecule has 0 spiro atoms. The minimum atomic E-state index is 0.00482. The quantitative estimate of drug-likeness (QED) is 0.840. The van der Waals surface area contributed by atoms with Gasteiger partial charge in [0.15, 0.2) is 0 Å². The van der Waals surface area contributed by atoms with Crippen LogP contribution in [0.15, 0.2) is 34.8 Å². The molecule has 1 N–H and O–H groups in total. The zero-order chi connectivity index (χ0) is 10.6. The number of aliphatic hydroxyl groups excluding tert-OH is 1. The molecule has 0 aliphatic rings. The van der Waals surface area contributed by atoms with Crippen LogP contribution in [0, 0.1) is 0 Å². The van der Waals surface area contributed by atoms with Gasteiger partial charge in [0.1, 0.15) is 12.4 Å². The summed E-state index contributed by atoms with van der Waals surface area (Å²) in [4.78, 5) is 0. The van der Waals surface area contributed by atoms with Crippen LogP contribution in [0.4, 0.5) is 0 Å². The molecule has 3 heteroatoms. The number of aliphatic hydroxyl groups is 1. The Kier molecular flexibility index (Phi) is 4.17. The third kappa shape index (κ3) is 3.16. The number of hydrogen-bond acceptors (Lipinski definition) is 2. The Morgan fingerprint density at radius 3 is 2.86 bits per heavy atom. The van der Waals surface area contributed by atoms with E-state index in [2.05, 4.69) is 22.5 Å². The lowest BCUT2D eigenvalue weighted by Crippen LogP contribution is -1.98. The predicted octanol–water partition coefficient (Wildman–Crippen LogP) is 2.90. The molecule has 2 nitrogen and oxygen atoms in total. The van der Waals surface area contributed by atoms with E-state index in [1.807, 2.05) is 25.1 Å². The number of benzene rings is 1. The second kappa shape index (κ2) is 5.17. The Morgan fingerprint density at radius 2 is 2.29 bits per heavy atom. The Bertz CT molecular complexity index is 334. The van der Waals surface area contributed by atoms with E-state index in [0.29, 0.717) is 6.61 Å². The zero-order valence-electron chi connectivity index (χ0n) is 8.09. The van der Waals surface area contributed by atoms with Crippen LogP contribution in [0.5, 0.6) is 5.75 Å². The summed E-state index contributed by atoms with van der Waals surface area (Å²) in [5.41, 5.74) is 1.79. The van der Waals surface area contributed by atoms with E-state index in [1.54, 1.807) is 0 Å². The number of hydrogen-bond donors (Lipinski definition) is 1. The maximum atomic E-state index is 9.02. The molecule has 0 heterocycles. The molecule has 0 aromatic heterocycles. The molecule has 14 heavy (non-hydrogen) atoms. The minimum absolute atomic E-state index is 0.00482. The van der Waals surface area contributed by atoms with Gasteiger partial charge in [-0.1, -0.05) is 22.5 Å². The van der Waals surface area contributed by atoms with E-state index in [1.165, 1.54) is 0 Å². The van der Waals surface area contributed by atoms with Crippen LogP contribution in [0.25, 0.3) is 0 Å². The van der Waals surface area contributed by atoms with Crippen LogP contribution in [0.3, 0.4) is 0 Å². The lowest BCUT2D eigenvalue weighted by molar-refractivity contribution is 0.279. The van der Waals surface area contributed by atoms with Crippen LogP contribution < -0.4 is 4.74 Å². The van der Waals surface area contributed by atoms with Gasteiger partial charge in [0.05, 0.1) is 6.61 Å². The lowest BCUT2D eigenvalue weighted by atomic mass is 10.2. The molecular formula is C11H13BrO2. The molecule has 1 aromatic rings. The normalized spacial score (nSPS) is 9.93. The van der Waals surface area contributed by atoms with Crippen molar-refractivity contribution in [2.24, 2.45) is 0 Å². The first-order valence-electron chi connectivity index (χ1n) is 4.30. The molecule has 0 fully saturated rings. The van der Waals surface area contributed by atoms with E-state index in [4.69, 9.17) is 9.84 Å². The van der Waals surface area contributed by atoms with E-state index in [-0.39, 0.29) is 6.61 Å².